The molecule has 1 atom stereocenters. The summed E-state index contributed by atoms with van der Waals surface area (Å²) in [7, 11) is 0. The summed E-state index contributed by atoms with van der Waals surface area (Å²) in [5.41, 5.74) is 8.04. The number of unbranched alkanes of at least 4 members (excludes halogenated alkanes) is 1. The Kier molecular flexibility index (Phi) is 9.22. The van der Waals surface area contributed by atoms with E-state index < -0.39 is 6.04 Å². The summed E-state index contributed by atoms with van der Waals surface area (Å²) in [6.45, 7) is 0. The molecule has 0 heterocycles. The van der Waals surface area contributed by atoms with Gasteiger partial charge in [0.2, 0.25) is 11.8 Å². The quantitative estimate of drug-likeness (QED) is 0.222. The topological polar surface area (TPSA) is 113 Å². The molecule has 0 saturated carbocycles. The lowest BCUT2D eigenvalue weighted by molar-refractivity contribution is -0.118. The van der Waals surface area contributed by atoms with Crippen LogP contribution >= 0.6 is 15.9 Å². The standard InChI is InChI=1S/C26H27BrN4O3/c27-19-11-8-12-20(17-19)29-26(34)23(31-25(33)18-9-2-1-3-10-18)15-6-7-16-24(32)30-22-14-5-4-13-21(22)28/h1-5,8-14,17,23H,6-7,15-16,28H2,(H,29,34)(H,30,32)(H,31,33). The Labute approximate surface area is 207 Å². The molecular weight excluding hydrogens is 496 g/mol. The summed E-state index contributed by atoms with van der Waals surface area (Å²) < 4.78 is 0.834. The molecule has 34 heavy (non-hydrogen) atoms. The van der Waals surface area contributed by atoms with Gasteiger partial charge in [-0.3, -0.25) is 14.4 Å². The number of rotatable bonds is 10. The number of amides is 3. The first-order valence-electron chi connectivity index (χ1n) is 11.0. The zero-order valence-corrected chi connectivity index (χ0v) is 20.2. The van der Waals surface area contributed by atoms with Crippen molar-refractivity contribution < 1.29 is 14.4 Å². The van der Waals surface area contributed by atoms with E-state index in [-0.39, 0.29) is 24.1 Å². The van der Waals surface area contributed by atoms with Crippen LogP contribution in [0.25, 0.3) is 0 Å². The molecule has 7 nitrogen and oxygen atoms in total. The summed E-state index contributed by atoms with van der Waals surface area (Å²) >= 11 is 3.39. The molecule has 3 amide bonds. The van der Waals surface area contributed by atoms with Crippen LogP contribution in [0.1, 0.15) is 36.0 Å². The van der Waals surface area contributed by atoms with Gasteiger partial charge in [0.25, 0.3) is 5.91 Å². The Morgan fingerprint density at radius 2 is 1.59 bits per heavy atom. The number of hydrogen-bond acceptors (Lipinski definition) is 4. The zero-order chi connectivity index (χ0) is 24.3. The first-order chi connectivity index (χ1) is 16.4. The monoisotopic (exact) mass is 522 g/mol. The Morgan fingerprint density at radius 3 is 2.32 bits per heavy atom. The van der Waals surface area contributed by atoms with Gasteiger partial charge in [0.15, 0.2) is 0 Å². The smallest absolute Gasteiger partial charge is 0.251 e. The van der Waals surface area contributed by atoms with Gasteiger partial charge in [0.05, 0.1) is 11.4 Å². The number of carbonyl (C=O) groups excluding carboxylic acids is 3. The number of nitrogen functional groups attached to an aromatic ring is 1. The molecule has 0 radical (unpaired) electrons. The summed E-state index contributed by atoms with van der Waals surface area (Å²) in [4.78, 5) is 37.9. The fraction of sp³-hybridized carbons (Fsp3) is 0.192. The van der Waals surface area contributed by atoms with Crippen molar-refractivity contribution in [2.24, 2.45) is 0 Å². The molecule has 0 spiro atoms. The molecule has 3 rings (SSSR count). The molecule has 8 heteroatoms. The van der Waals surface area contributed by atoms with E-state index in [0.29, 0.717) is 41.9 Å². The minimum absolute atomic E-state index is 0.152. The molecule has 0 fully saturated rings. The Morgan fingerprint density at radius 1 is 0.853 bits per heavy atom. The van der Waals surface area contributed by atoms with E-state index in [0.717, 1.165) is 4.47 Å². The van der Waals surface area contributed by atoms with Gasteiger partial charge in [-0.05, 0) is 55.3 Å². The maximum absolute atomic E-state index is 13.0. The van der Waals surface area contributed by atoms with Crippen molar-refractivity contribution in [3.63, 3.8) is 0 Å². The van der Waals surface area contributed by atoms with Crippen molar-refractivity contribution in [2.75, 3.05) is 16.4 Å². The highest BCUT2D eigenvalue weighted by molar-refractivity contribution is 9.10. The second-order valence-electron chi connectivity index (χ2n) is 7.77. The van der Waals surface area contributed by atoms with E-state index in [4.69, 9.17) is 5.73 Å². The Hall–Kier alpha value is -3.65. The third kappa shape index (κ3) is 7.74. The molecule has 3 aromatic rings. The number of para-hydroxylation sites is 2. The van der Waals surface area contributed by atoms with Gasteiger partial charge in [-0.25, -0.2) is 0 Å². The molecule has 1 unspecified atom stereocenters. The van der Waals surface area contributed by atoms with Crippen LogP contribution in [0.3, 0.4) is 0 Å². The zero-order valence-electron chi connectivity index (χ0n) is 18.6. The van der Waals surface area contributed by atoms with Crippen LogP contribution in [0.15, 0.2) is 83.3 Å². The van der Waals surface area contributed by atoms with Crippen LogP contribution in [0, 0.1) is 0 Å². The molecule has 5 N–H and O–H groups in total. The van der Waals surface area contributed by atoms with E-state index in [2.05, 4.69) is 31.9 Å². The van der Waals surface area contributed by atoms with E-state index in [9.17, 15) is 14.4 Å². The van der Waals surface area contributed by atoms with E-state index in [1.807, 2.05) is 18.2 Å². The SMILES string of the molecule is Nc1ccccc1NC(=O)CCCCC(NC(=O)c1ccccc1)C(=O)Nc1cccc(Br)c1. The lowest BCUT2D eigenvalue weighted by Crippen LogP contribution is -2.43. The molecule has 0 aliphatic heterocycles. The van der Waals surface area contributed by atoms with E-state index in [1.54, 1.807) is 60.7 Å². The van der Waals surface area contributed by atoms with Crippen molar-refractivity contribution >= 4 is 50.7 Å². The summed E-state index contributed by atoms with van der Waals surface area (Å²) in [6.07, 6.45) is 1.80. The van der Waals surface area contributed by atoms with Gasteiger partial charge in [0.1, 0.15) is 6.04 Å². The highest BCUT2D eigenvalue weighted by Crippen LogP contribution is 2.18. The second-order valence-corrected chi connectivity index (χ2v) is 8.69. The minimum Gasteiger partial charge on any atom is -0.397 e. The molecular formula is C26H27BrN4O3. The van der Waals surface area contributed by atoms with Crippen LogP contribution in [-0.4, -0.2) is 23.8 Å². The van der Waals surface area contributed by atoms with Crippen molar-refractivity contribution in [2.45, 2.75) is 31.7 Å². The van der Waals surface area contributed by atoms with Crippen LogP contribution in [0.5, 0.6) is 0 Å². The van der Waals surface area contributed by atoms with Crippen LogP contribution in [0.4, 0.5) is 17.1 Å². The van der Waals surface area contributed by atoms with Gasteiger partial charge in [-0.15, -0.1) is 0 Å². The highest BCUT2D eigenvalue weighted by atomic mass is 79.9. The van der Waals surface area contributed by atoms with Gasteiger partial charge < -0.3 is 21.7 Å². The third-order valence-electron chi connectivity index (χ3n) is 5.13. The van der Waals surface area contributed by atoms with Crippen molar-refractivity contribution in [3.05, 3.63) is 88.9 Å². The molecule has 176 valence electrons. The second kappa shape index (κ2) is 12.6. The van der Waals surface area contributed by atoms with Gasteiger partial charge in [0, 0.05) is 22.1 Å². The Bertz CT molecular complexity index is 1140. The fourth-order valence-corrected chi connectivity index (χ4v) is 3.75. The normalized spacial score (nSPS) is 11.3. The molecule has 3 aromatic carbocycles. The molecule has 0 saturated heterocycles. The lowest BCUT2D eigenvalue weighted by atomic mass is 10.1. The van der Waals surface area contributed by atoms with Crippen molar-refractivity contribution in [1.82, 2.24) is 5.32 Å². The largest absolute Gasteiger partial charge is 0.397 e. The lowest BCUT2D eigenvalue weighted by Gasteiger charge is -2.19. The molecule has 0 bridgehead atoms. The summed E-state index contributed by atoms with van der Waals surface area (Å²) in [5, 5.41) is 8.47. The fourth-order valence-electron chi connectivity index (χ4n) is 3.35. The molecule has 0 aliphatic rings. The average molecular weight is 523 g/mol. The highest BCUT2D eigenvalue weighted by Gasteiger charge is 2.21. The van der Waals surface area contributed by atoms with E-state index in [1.165, 1.54) is 0 Å². The number of halogens is 1. The Balaban J connectivity index is 1.57. The average Bonchev–Trinajstić information content (AvgIpc) is 2.83. The minimum atomic E-state index is -0.750. The van der Waals surface area contributed by atoms with Gasteiger partial charge in [-0.1, -0.05) is 58.7 Å². The maximum atomic E-state index is 13.0. The summed E-state index contributed by atoms with van der Waals surface area (Å²) in [6, 6.07) is 22.3. The first-order valence-corrected chi connectivity index (χ1v) is 11.8. The van der Waals surface area contributed by atoms with Crippen LogP contribution < -0.4 is 21.7 Å². The number of anilines is 3. The molecule has 0 aromatic heterocycles. The predicted molar refractivity (Wildman–Crippen MR) is 138 cm³/mol. The number of hydrogen-bond donors (Lipinski definition) is 4. The van der Waals surface area contributed by atoms with Crippen molar-refractivity contribution in [1.29, 1.82) is 0 Å². The molecule has 0 aliphatic carbocycles. The first kappa shape index (κ1) is 25.0. The third-order valence-corrected chi connectivity index (χ3v) is 5.62. The number of carbonyl (C=O) groups is 3. The van der Waals surface area contributed by atoms with E-state index >= 15 is 0 Å². The van der Waals surface area contributed by atoms with Gasteiger partial charge in [-0.2, -0.15) is 0 Å². The van der Waals surface area contributed by atoms with Crippen LogP contribution in [-0.2, 0) is 9.59 Å². The number of nitrogens with one attached hydrogen (secondary N) is 3. The summed E-state index contributed by atoms with van der Waals surface area (Å²) in [5.74, 6) is -0.794. The predicted octanol–water partition coefficient (Wildman–Crippen LogP) is 4.97. The van der Waals surface area contributed by atoms with Gasteiger partial charge >= 0.3 is 0 Å². The number of nitrogens with two attached hydrogens (primary N) is 1. The maximum Gasteiger partial charge on any atom is 0.251 e. The van der Waals surface area contributed by atoms with Crippen molar-refractivity contribution in [3.8, 4) is 0 Å². The number of benzene rings is 3. The van der Waals surface area contributed by atoms with Crippen LogP contribution in [0.2, 0.25) is 0 Å².